The summed E-state index contributed by atoms with van der Waals surface area (Å²) in [6.45, 7) is 5.77. The van der Waals surface area contributed by atoms with E-state index in [-0.39, 0.29) is 6.04 Å². The number of hydrogen-bond acceptors (Lipinski definition) is 3. The number of thiocarbonyl (C=S) groups is 1. The number of hydrogen-bond donors (Lipinski definition) is 2. The molecule has 96 valence electrons. The fraction of sp³-hybridized carbons (Fsp3) is 0.583. The summed E-state index contributed by atoms with van der Waals surface area (Å²) in [7, 11) is 1.68. The van der Waals surface area contributed by atoms with Crippen molar-refractivity contribution in [3.63, 3.8) is 0 Å². The highest BCUT2D eigenvalue weighted by Crippen LogP contribution is 2.25. The molecule has 0 fully saturated rings. The van der Waals surface area contributed by atoms with Crippen LogP contribution in [0, 0.1) is 5.92 Å². The quantitative estimate of drug-likeness (QED) is 0.616. The van der Waals surface area contributed by atoms with Crippen LogP contribution in [-0.4, -0.2) is 25.4 Å². The van der Waals surface area contributed by atoms with Crippen molar-refractivity contribution in [2.45, 2.75) is 19.9 Å². The minimum Gasteiger partial charge on any atom is -0.383 e. The van der Waals surface area contributed by atoms with Crippen molar-refractivity contribution >= 4 is 28.7 Å². The number of ether oxygens (including phenoxy) is 1. The average Bonchev–Trinajstić information content (AvgIpc) is 2.79. The molecule has 1 aromatic heterocycles. The summed E-state index contributed by atoms with van der Waals surface area (Å²) in [5.41, 5.74) is 0. The summed E-state index contributed by atoms with van der Waals surface area (Å²) in [5, 5.41) is 9.26. The maximum Gasteiger partial charge on any atom is 0.166 e. The highest BCUT2D eigenvalue weighted by molar-refractivity contribution is 7.80. The van der Waals surface area contributed by atoms with Gasteiger partial charge in [0, 0.05) is 18.5 Å². The van der Waals surface area contributed by atoms with Gasteiger partial charge in [0.15, 0.2) is 5.11 Å². The van der Waals surface area contributed by atoms with Gasteiger partial charge in [-0.1, -0.05) is 19.9 Å². The lowest BCUT2D eigenvalue weighted by Crippen LogP contribution is -2.40. The minimum absolute atomic E-state index is 0.276. The van der Waals surface area contributed by atoms with Crippen LogP contribution in [0.2, 0.25) is 0 Å². The van der Waals surface area contributed by atoms with Crippen LogP contribution < -0.4 is 10.6 Å². The molecule has 0 saturated heterocycles. The van der Waals surface area contributed by atoms with Crippen LogP contribution in [0.4, 0.5) is 0 Å². The third kappa shape index (κ3) is 5.02. The van der Waals surface area contributed by atoms with Crippen molar-refractivity contribution in [2.75, 3.05) is 20.3 Å². The largest absolute Gasteiger partial charge is 0.383 e. The monoisotopic (exact) mass is 272 g/mol. The molecule has 0 amide bonds. The Labute approximate surface area is 113 Å². The second-order valence-corrected chi connectivity index (χ2v) is 5.52. The van der Waals surface area contributed by atoms with Crippen LogP contribution in [-0.2, 0) is 4.74 Å². The molecule has 5 heteroatoms. The van der Waals surface area contributed by atoms with Gasteiger partial charge in [0.2, 0.25) is 0 Å². The van der Waals surface area contributed by atoms with Gasteiger partial charge >= 0.3 is 0 Å². The molecule has 3 nitrogen and oxygen atoms in total. The second-order valence-electron chi connectivity index (χ2n) is 4.13. The lowest BCUT2D eigenvalue weighted by molar-refractivity contribution is 0.203. The van der Waals surface area contributed by atoms with Crippen molar-refractivity contribution in [1.29, 1.82) is 0 Å². The zero-order valence-electron chi connectivity index (χ0n) is 10.5. The fourth-order valence-corrected chi connectivity index (χ4v) is 2.67. The Hall–Kier alpha value is -0.650. The smallest absolute Gasteiger partial charge is 0.166 e. The van der Waals surface area contributed by atoms with Gasteiger partial charge in [0.25, 0.3) is 0 Å². The summed E-state index contributed by atoms with van der Waals surface area (Å²) >= 11 is 7.02. The summed E-state index contributed by atoms with van der Waals surface area (Å²) in [6, 6.07) is 4.48. The molecule has 1 unspecified atom stereocenters. The average molecular weight is 272 g/mol. The molecule has 0 radical (unpaired) electrons. The van der Waals surface area contributed by atoms with E-state index in [2.05, 4.69) is 42.0 Å². The highest BCUT2D eigenvalue weighted by Gasteiger charge is 2.17. The molecular weight excluding hydrogens is 252 g/mol. The number of methoxy groups -OCH3 is 1. The molecule has 0 spiro atoms. The van der Waals surface area contributed by atoms with Crippen molar-refractivity contribution in [3.05, 3.63) is 22.4 Å². The summed E-state index contributed by atoms with van der Waals surface area (Å²) in [4.78, 5) is 1.32. The number of thiophene rings is 1. The molecule has 1 atom stereocenters. The van der Waals surface area contributed by atoms with Gasteiger partial charge in [-0.15, -0.1) is 11.3 Å². The van der Waals surface area contributed by atoms with E-state index in [9.17, 15) is 0 Å². The molecule has 1 rings (SSSR count). The molecule has 0 aromatic carbocycles. The predicted molar refractivity (Wildman–Crippen MR) is 77.5 cm³/mol. The molecule has 0 aliphatic carbocycles. The molecule has 0 aliphatic rings. The highest BCUT2D eigenvalue weighted by atomic mass is 32.1. The normalized spacial score (nSPS) is 12.5. The zero-order chi connectivity index (χ0) is 12.7. The van der Waals surface area contributed by atoms with Crippen LogP contribution in [0.3, 0.4) is 0 Å². The van der Waals surface area contributed by atoms with Gasteiger partial charge in [-0.3, -0.25) is 0 Å². The number of nitrogens with one attached hydrogen (secondary N) is 2. The van der Waals surface area contributed by atoms with Gasteiger partial charge in [-0.2, -0.15) is 0 Å². The van der Waals surface area contributed by atoms with Crippen molar-refractivity contribution in [1.82, 2.24) is 10.6 Å². The number of rotatable bonds is 6. The maximum absolute atomic E-state index is 5.26. The van der Waals surface area contributed by atoms with Crippen LogP contribution >= 0.6 is 23.6 Å². The fourth-order valence-electron chi connectivity index (χ4n) is 1.49. The Morgan fingerprint density at radius 2 is 2.29 bits per heavy atom. The lowest BCUT2D eigenvalue weighted by Gasteiger charge is -2.23. The molecule has 17 heavy (non-hydrogen) atoms. The molecule has 1 aromatic rings. The first kappa shape index (κ1) is 14.4. The molecule has 0 saturated carbocycles. The van der Waals surface area contributed by atoms with Crippen LogP contribution in [0.1, 0.15) is 24.8 Å². The van der Waals surface area contributed by atoms with E-state index in [0.29, 0.717) is 17.6 Å². The third-order valence-electron chi connectivity index (χ3n) is 2.39. The SMILES string of the molecule is COCCNC(=S)NC(c1cccs1)C(C)C. The van der Waals surface area contributed by atoms with E-state index in [1.165, 1.54) is 4.88 Å². The Bertz CT molecular complexity index is 325. The Morgan fingerprint density at radius 3 is 2.82 bits per heavy atom. The van der Waals surface area contributed by atoms with Gasteiger partial charge in [-0.05, 0) is 29.6 Å². The van der Waals surface area contributed by atoms with Crippen LogP contribution in [0.15, 0.2) is 17.5 Å². The first-order chi connectivity index (χ1) is 8.15. The first-order valence-electron chi connectivity index (χ1n) is 5.72. The van der Waals surface area contributed by atoms with Crippen molar-refractivity contribution in [3.8, 4) is 0 Å². The van der Waals surface area contributed by atoms with E-state index >= 15 is 0 Å². The topological polar surface area (TPSA) is 33.3 Å². The molecular formula is C12H20N2OS2. The van der Waals surface area contributed by atoms with E-state index in [4.69, 9.17) is 17.0 Å². The van der Waals surface area contributed by atoms with Gasteiger partial charge in [0.1, 0.15) is 0 Å². The summed E-state index contributed by atoms with van der Waals surface area (Å²) in [6.07, 6.45) is 0. The van der Waals surface area contributed by atoms with Crippen molar-refractivity contribution < 1.29 is 4.74 Å². The van der Waals surface area contributed by atoms with E-state index in [0.717, 1.165) is 6.54 Å². The van der Waals surface area contributed by atoms with Gasteiger partial charge in [0.05, 0.1) is 12.6 Å². The van der Waals surface area contributed by atoms with E-state index < -0.39 is 0 Å². The molecule has 1 heterocycles. The van der Waals surface area contributed by atoms with Crippen LogP contribution in [0.5, 0.6) is 0 Å². The Balaban J connectivity index is 2.48. The van der Waals surface area contributed by atoms with E-state index in [1.807, 2.05) is 0 Å². The molecule has 0 aliphatic heterocycles. The zero-order valence-corrected chi connectivity index (χ0v) is 12.2. The summed E-state index contributed by atoms with van der Waals surface area (Å²) < 4.78 is 4.97. The lowest BCUT2D eigenvalue weighted by atomic mass is 10.0. The Kier molecular flexibility index (Phi) is 6.47. The Morgan fingerprint density at radius 1 is 1.53 bits per heavy atom. The third-order valence-corrected chi connectivity index (χ3v) is 3.61. The molecule has 2 N–H and O–H groups in total. The first-order valence-corrected chi connectivity index (χ1v) is 7.00. The molecule has 0 bridgehead atoms. The van der Waals surface area contributed by atoms with E-state index in [1.54, 1.807) is 18.4 Å². The van der Waals surface area contributed by atoms with Gasteiger partial charge < -0.3 is 15.4 Å². The van der Waals surface area contributed by atoms with Crippen molar-refractivity contribution in [2.24, 2.45) is 5.92 Å². The predicted octanol–water partition coefficient (Wildman–Crippen LogP) is 2.56. The summed E-state index contributed by atoms with van der Waals surface area (Å²) in [5.74, 6) is 0.496. The standard InChI is InChI=1S/C12H20N2OS2/c1-9(2)11(10-5-4-8-17-10)14-12(16)13-6-7-15-3/h4-5,8-9,11H,6-7H2,1-3H3,(H2,13,14,16). The second kappa shape index (κ2) is 7.63. The minimum atomic E-state index is 0.276. The maximum atomic E-state index is 5.26. The van der Waals surface area contributed by atoms with Crippen LogP contribution in [0.25, 0.3) is 0 Å². The van der Waals surface area contributed by atoms with Gasteiger partial charge in [-0.25, -0.2) is 0 Å².